The van der Waals surface area contributed by atoms with Crippen LogP contribution < -0.4 is 10.1 Å². The Balaban J connectivity index is 1.76. The van der Waals surface area contributed by atoms with Gasteiger partial charge in [0.2, 0.25) is 0 Å². The molecule has 2 aromatic rings. The molecule has 1 aromatic heterocycles. The van der Waals surface area contributed by atoms with E-state index in [-0.39, 0.29) is 0 Å². The third-order valence-electron chi connectivity index (χ3n) is 3.92. The topological polar surface area (TPSA) is 34.1 Å². The Labute approximate surface area is 114 Å². The van der Waals surface area contributed by atoms with Gasteiger partial charge in [-0.2, -0.15) is 0 Å². The van der Waals surface area contributed by atoms with Crippen molar-refractivity contribution in [3.63, 3.8) is 0 Å². The van der Waals surface area contributed by atoms with Gasteiger partial charge in [-0.05, 0) is 30.4 Å². The summed E-state index contributed by atoms with van der Waals surface area (Å²) in [5, 5.41) is 4.63. The van der Waals surface area contributed by atoms with Crippen molar-refractivity contribution in [2.24, 2.45) is 5.41 Å². The predicted molar refractivity (Wildman–Crippen MR) is 77.3 cm³/mol. The molecule has 0 spiro atoms. The minimum Gasteiger partial charge on any atom is -0.494 e. The third kappa shape index (κ3) is 2.71. The fourth-order valence-corrected chi connectivity index (χ4v) is 2.31. The van der Waals surface area contributed by atoms with Crippen LogP contribution in [0.1, 0.15) is 25.5 Å². The van der Waals surface area contributed by atoms with Crippen molar-refractivity contribution in [2.45, 2.75) is 26.3 Å². The number of fused-ring (bicyclic) bond motifs is 1. The fraction of sp³-hybridized carbons (Fsp3) is 0.438. The summed E-state index contributed by atoms with van der Waals surface area (Å²) < 4.78 is 5.37. The molecule has 1 aliphatic rings. The van der Waals surface area contributed by atoms with Crippen LogP contribution in [0, 0.1) is 5.41 Å². The molecule has 1 aliphatic carbocycles. The molecule has 0 saturated heterocycles. The van der Waals surface area contributed by atoms with Crippen molar-refractivity contribution in [3.8, 4) is 5.75 Å². The Morgan fingerprint density at radius 2 is 2.11 bits per heavy atom. The van der Waals surface area contributed by atoms with E-state index < -0.39 is 0 Å². The highest BCUT2D eigenvalue weighted by molar-refractivity contribution is 5.84. The van der Waals surface area contributed by atoms with Crippen LogP contribution in [0.5, 0.6) is 5.75 Å². The van der Waals surface area contributed by atoms with Crippen LogP contribution in [0.15, 0.2) is 30.3 Å². The number of ether oxygens (including phenoxy) is 1. The zero-order valence-electron chi connectivity index (χ0n) is 11.6. The molecule has 100 valence electrons. The highest BCUT2D eigenvalue weighted by Crippen LogP contribution is 2.44. The number of rotatable bonds is 5. The molecule has 1 aromatic carbocycles. The summed E-state index contributed by atoms with van der Waals surface area (Å²) in [5.41, 5.74) is 2.55. The van der Waals surface area contributed by atoms with Crippen LogP contribution in [0.4, 0.5) is 0 Å². The lowest BCUT2D eigenvalue weighted by Crippen LogP contribution is -2.21. The number of hydrogen-bond acceptors (Lipinski definition) is 3. The van der Waals surface area contributed by atoms with Gasteiger partial charge < -0.3 is 10.1 Å². The fourth-order valence-electron chi connectivity index (χ4n) is 2.31. The normalized spacial score (nSPS) is 16.5. The van der Waals surface area contributed by atoms with E-state index >= 15 is 0 Å². The first-order chi connectivity index (χ1) is 9.20. The average Bonchev–Trinajstić information content (AvgIpc) is 3.16. The molecule has 1 heterocycles. The largest absolute Gasteiger partial charge is 0.494 e. The lowest BCUT2D eigenvalue weighted by Gasteiger charge is -2.10. The smallest absolute Gasteiger partial charge is 0.145 e. The second kappa shape index (κ2) is 4.82. The van der Waals surface area contributed by atoms with Crippen molar-refractivity contribution in [1.82, 2.24) is 10.3 Å². The monoisotopic (exact) mass is 256 g/mol. The Hall–Kier alpha value is -1.61. The summed E-state index contributed by atoms with van der Waals surface area (Å²) in [6, 6.07) is 10.2. The van der Waals surface area contributed by atoms with Gasteiger partial charge in [0.1, 0.15) is 11.3 Å². The highest BCUT2D eigenvalue weighted by atomic mass is 16.5. The molecule has 1 fully saturated rings. The Bertz CT molecular complexity index is 590. The van der Waals surface area contributed by atoms with Gasteiger partial charge in [0.25, 0.3) is 0 Å². The van der Waals surface area contributed by atoms with Gasteiger partial charge in [-0.1, -0.05) is 25.1 Å². The maximum absolute atomic E-state index is 5.37. The zero-order valence-corrected chi connectivity index (χ0v) is 11.6. The molecule has 1 N–H and O–H groups in total. The van der Waals surface area contributed by atoms with Crippen molar-refractivity contribution >= 4 is 10.9 Å². The molecule has 1 saturated carbocycles. The van der Waals surface area contributed by atoms with Gasteiger partial charge >= 0.3 is 0 Å². The summed E-state index contributed by atoms with van der Waals surface area (Å²) in [7, 11) is 1.69. The first-order valence-corrected chi connectivity index (χ1v) is 6.84. The van der Waals surface area contributed by atoms with E-state index in [1.165, 1.54) is 12.8 Å². The molecule has 3 heteroatoms. The van der Waals surface area contributed by atoms with Crippen LogP contribution in [0.2, 0.25) is 0 Å². The van der Waals surface area contributed by atoms with Crippen LogP contribution in [-0.4, -0.2) is 18.6 Å². The number of nitrogens with one attached hydrogen (secondary N) is 1. The van der Waals surface area contributed by atoms with E-state index in [1.54, 1.807) is 7.11 Å². The van der Waals surface area contributed by atoms with Crippen molar-refractivity contribution in [3.05, 3.63) is 36.0 Å². The molecule has 0 aliphatic heterocycles. The van der Waals surface area contributed by atoms with Gasteiger partial charge in [0.05, 0.1) is 12.8 Å². The summed E-state index contributed by atoms with van der Waals surface area (Å²) in [4.78, 5) is 4.70. The lowest BCUT2D eigenvalue weighted by molar-refractivity contribution is 0.418. The number of pyridine rings is 1. The zero-order chi connectivity index (χ0) is 13.3. The Morgan fingerprint density at radius 1 is 1.26 bits per heavy atom. The Kier molecular flexibility index (Phi) is 3.15. The van der Waals surface area contributed by atoms with Crippen LogP contribution in [0.3, 0.4) is 0 Å². The van der Waals surface area contributed by atoms with Crippen molar-refractivity contribution in [1.29, 1.82) is 0 Å². The molecule has 0 bridgehead atoms. The van der Waals surface area contributed by atoms with E-state index in [0.717, 1.165) is 35.4 Å². The van der Waals surface area contributed by atoms with Crippen LogP contribution in [0.25, 0.3) is 10.9 Å². The maximum atomic E-state index is 5.37. The first-order valence-electron chi connectivity index (χ1n) is 6.84. The van der Waals surface area contributed by atoms with Crippen molar-refractivity contribution in [2.75, 3.05) is 13.7 Å². The van der Waals surface area contributed by atoms with Gasteiger partial charge in [-0.15, -0.1) is 0 Å². The number of methoxy groups -OCH3 is 1. The van der Waals surface area contributed by atoms with E-state index in [0.29, 0.717) is 5.41 Å². The predicted octanol–water partition coefficient (Wildman–Crippen LogP) is 3.13. The second-order valence-corrected chi connectivity index (χ2v) is 5.75. The van der Waals surface area contributed by atoms with E-state index in [1.807, 2.05) is 12.1 Å². The number of nitrogens with zero attached hydrogens (tertiary/aromatic N) is 1. The molecule has 19 heavy (non-hydrogen) atoms. The standard InChI is InChI=1S/C16H20N2O/c1-16(8-9-16)11-17-10-13-7-6-12-4-3-5-14(19-2)15(12)18-13/h3-7,17H,8-11H2,1-2H3. The van der Waals surface area contributed by atoms with E-state index in [2.05, 4.69) is 30.4 Å². The first kappa shape index (κ1) is 12.4. The quantitative estimate of drug-likeness (QED) is 0.892. The number of hydrogen-bond donors (Lipinski definition) is 1. The Morgan fingerprint density at radius 3 is 2.84 bits per heavy atom. The molecule has 0 unspecified atom stereocenters. The van der Waals surface area contributed by atoms with Crippen LogP contribution in [-0.2, 0) is 6.54 Å². The number of para-hydroxylation sites is 1. The lowest BCUT2D eigenvalue weighted by atomic mass is 10.1. The van der Waals surface area contributed by atoms with Crippen molar-refractivity contribution < 1.29 is 4.74 Å². The maximum Gasteiger partial charge on any atom is 0.145 e. The third-order valence-corrected chi connectivity index (χ3v) is 3.92. The number of aromatic nitrogens is 1. The molecule has 0 atom stereocenters. The van der Waals surface area contributed by atoms with E-state index in [4.69, 9.17) is 9.72 Å². The van der Waals surface area contributed by atoms with Crippen LogP contribution >= 0.6 is 0 Å². The van der Waals surface area contributed by atoms with E-state index in [9.17, 15) is 0 Å². The highest BCUT2D eigenvalue weighted by Gasteiger charge is 2.36. The van der Waals surface area contributed by atoms with Gasteiger partial charge in [-0.3, -0.25) is 0 Å². The van der Waals surface area contributed by atoms with Gasteiger partial charge in [0.15, 0.2) is 0 Å². The minimum absolute atomic E-state index is 0.536. The summed E-state index contributed by atoms with van der Waals surface area (Å²) >= 11 is 0. The molecule has 3 rings (SSSR count). The summed E-state index contributed by atoms with van der Waals surface area (Å²) in [5.74, 6) is 0.841. The second-order valence-electron chi connectivity index (χ2n) is 5.75. The molecule has 0 radical (unpaired) electrons. The molecular weight excluding hydrogens is 236 g/mol. The number of benzene rings is 1. The molecular formula is C16H20N2O. The minimum atomic E-state index is 0.536. The molecule has 3 nitrogen and oxygen atoms in total. The van der Waals surface area contributed by atoms with Gasteiger partial charge in [-0.25, -0.2) is 4.98 Å². The molecule has 0 amide bonds. The SMILES string of the molecule is COc1cccc2ccc(CNCC3(C)CC3)nc12. The van der Waals surface area contributed by atoms with Gasteiger partial charge in [0, 0.05) is 18.5 Å². The average molecular weight is 256 g/mol. The summed E-state index contributed by atoms with van der Waals surface area (Å²) in [6.45, 7) is 4.24. The summed E-state index contributed by atoms with van der Waals surface area (Å²) in [6.07, 6.45) is 2.69.